The molecule has 14 rings (SSSR count). The van der Waals surface area contributed by atoms with Gasteiger partial charge in [-0.2, -0.15) is 6.07 Å². The van der Waals surface area contributed by atoms with E-state index in [4.69, 9.17) is 14.1 Å². The molecule has 1 aliphatic heterocycles. The Hall–Kier alpha value is -8.96. The smallest absolute Gasteiger partial charge is 0.135 e. The predicted molar refractivity (Wildman–Crippen MR) is 434 cm³/mol. The first kappa shape index (κ1) is 69.7. The molecule has 103 heavy (non-hydrogen) atoms. The SMILES string of the molecule is [2H]C(C)(C)c1cccc(C([2H])(C)C)c1-c1cc(Oc2[c-]c3c(cc2)c2c4oc5ccccc5c4c(-c4ccccc4)cc2n3-c2cc(C(C)(C)C)ccn2)[c-]c(N2[CH-]N(c3c(-c4cc(C(C)(C)C)cc(C(C)(C)C)c4)cc(C(C)(C)C)cc3-c3cc(C(C)(C)C)cc(C(C)(C)C)c3)c3ccccc32)c1.[Pt]. The normalized spacial score (nSPS) is 13.8. The van der Waals surface area contributed by atoms with Crippen LogP contribution < -0.4 is 14.5 Å². The van der Waals surface area contributed by atoms with Gasteiger partial charge < -0.3 is 23.5 Å². The van der Waals surface area contributed by atoms with Crippen LogP contribution in [-0.2, 0) is 53.6 Å². The second-order valence-electron chi connectivity index (χ2n) is 35.1. The fraction of sp³-hybridized carbons (Fsp3) is 0.312. The minimum absolute atomic E-state index is 0. The average molecular weight is 1540 g/mol. The number of ether oxygens (including phenoxy) is 1. The average Bonchev–Trinajstić information content (AvgIpc) is 1.56. The number of nitrogens with zero attached hydrogens (tertiary/aromatic N) is 4. The van der Waals surface area contributed by atoms with Crippen molar-refractivity contribution >= 4 is 66.5 Å². The molecule has 0 bridgehead atoms. The number of aromatic nitrogens is 2. The molecule has 13 aromatic rings. The first-order valence-corrected chi connectivity index (χ1v) is 36.4. The summed E-state index contributed by atoms with van der Waals surface area (Å²) in [4.78, 5) is 9.86. The van der Waals surface area contributed by atoms with E-state index in [1.165, 1.54) is 27.8 Å². The molecule has 4 heterocycles. The van der Waals surface area contributed by atoms with Crippen LogP contribution in [0, 0.1) is 18.8 Å². The standard InChI is InChI=1S/C96H101N4O2.Pt/c1-58(2)73-34-30-35-74(59(3)4)86(73)63-47-70(54-72(48-63)101-71-39-40-75-82(55-71)100(85-53-64(41-42-97-85)91(5,6)7)83-56-77(60-31-24-23-25-32-60)87-76-33-26-29-38-84(76)102-90(87)88(75)83)98-57-99(81-37-28-27-36-80(81)98)89-78(61-43-65(92(8,9)10)49-66(44-61)93(11,12)13)51-69(96(20,21)22)52-79(89)62-45-67(94(14,15)16)50-68(46-62)95(17,18)19;/h23-53,56-59H,1-22H3;/q-3;/i58D,59D;. The van der Waals surface area contributed by atoms with Crippen LogP contribution in [0.15, 0.2) is 199 Å². The first-order chi connectivity index (χ1) is 48.6. The van der Waals surface area contributed by atoms with Gasteiger partial charge in [-0.3, -0.25) is 0 Å². The van der Waals surface area contributed by atoms with E-state index in [0.29, 0.717) is 17.2 Å². The van der Waals surface area contributed by atoms with Gasteiger partial charge in [0, 0.05) is 86.0 Å². The van der Waals surface area contributed by atoms with E-state index >= 15 is 0 Å². The third-order valence-corrected chi connectivity index (χ3v) is 20.7. The number of fused-ring (bicyclic) bond motifs is 8. The summed E-state index contributed by atoms with van der Waals surface area (Å²) in [7, 11) is 0. The van der Waals surface area contributed by atoms with Crippen LogP contribution in [0.2, 0.25) is 0 Å². The minimum atomic E-state index is -1.06. The molecule has 6 nitrogen and oxygen atoms in total. The van der Waals surface area contributed by atoms with Gasteiger partial charge in [0.25, 0.3) is 0 Å². The van der Waals surface area contributed by atoms with Gasteiger partial charge in [-0.15, -0.1) is 48.3 Å². The maximum absolute atomic E-state index is 9.82. The van der Waals surface area contributed by atoms with Crippen molar-refractivity contribution in [2.75, 3.05) is 9.80 Å². The van der Waals surface area contributed by atoms with E-state index < -0.39 is 11.8 Å². The Kier molecular flexibility index (Phi) is 17.8. The summed E-state index contributed by atoms with van der Waals surface area (Å²) in [6.07, 6.45) is 1.91. The van der Waals surface area contributed by atoms with Crippen LogP contribution >= 0.6 is 0 Å². The number of benzene rings is 10. The number of anilines is 4. The zero-order valence-electron chi connectivity index (χ0n) is 66.5. The van der Waals surface area contributed by atoms with E-state index in [2.05, 4.69) is 309 Å². The molecule has 0 aliphatic carbocycles. The van der Waals surface area contributed by atoms with Crippen LogP contribution in [0.3, 0.4) is 0 Å². The zero-order valence-corrected chi connectivity index (χ0v) is 66.7. The van der Waals surface area contributed by atoms with Gasteiger partial charge in [-0.1, -0.05) is 278 Å². The molecule has 0 spiro atoms. The van der Waals surface area contributed by atoms with Gasteiger partial charge in [0.15, 0.2) is 0 Å². The van der Waals surface area contributed by atoms with E-state index in [9.17, 15) is 2.74 Å². The molecule has 0 radical (unpaired) electrons. The molecular weight excluding hydrogens is 1440 g/mol. The molecule has 3 aromatic heterocycles. The molecule has 0 saturated heterocycles. The van der Waals surface area contributed by atoms with Gasteiger partial charge >= 0.3 is 0 Å². The van der Waals surface area contributed by atoms with Crippen LogP contribution in [0.4, 0.5) is 22.7 Å². The molecule has 530 valence electrons. The van der Waals surface area contributed by atoms with Crippen molar-refractivity contribution in [1.82, 2.24) is 9.55 Å². The fourth-order valence-electron chi connectivity index (χ4n) is 14.7. The van der Waals surface area contributed by atoms with E-state index in [0.717, 1.165) is 128 Å². The Labute approximate surface area is 630 Å². The van der Waals surface area contributed by atoms with Crippen molar-refractivity contribution in [2.24, 2.45) is 0 Å². The second-order valence-corrected chi connectivity index (χ2v) is 35.1. The molecular formula is C96H101N4O2Pt-3. The number of furan rings is 1. The molecule has 0 unspecified atom stereocenters. The van der Waals surface area contributed by atoms with Gasteiger partial charge in [0.2, 0.25) is 0 Å². The van der Waals surface area contributed by atoms with Crippen molar-refractivity contribution in [1.29, 1.82) is 0 Å². The molecule has 0 saturated carbocycles. The van der Waals surface area contributed by atoms with Gasteiger partial charge in [-0.25, -0.2) is 4.98 Å². The molecule has 1 aliphatic rings. The number of pyridine rings is 1. The Bertz CT molecular complexity index is 5350. The van der Waals surface area contributed by atoms with Gasteiger partial charge in [-0.05, 0) is 171 Å². The maximum Gasteiger partial charge on any atom is 0.135 e. The van der Waals surface area contributed by atoms with Crippen LogP contribution in [0.1, 0.15) is 211 Å². The molecule has 0 atom stereocenters. The number of hydrogen-bond acceptors (Lipinski definition) is 5. The quantitative estimate of drug-likeness (QED) is 0.121. The topological polar surface area (TPSA) is 46.7 Å². The fourth-order valence-corrected chi connectivity index (χ4v) is 14.7. The van der Waals surface area contributed by atoms with Crippen molar-refractivity contribution in [3.63, 3.8) is 0 Å². The first-order valence-electron chi connectivity index (χ1n) is 37.4. The Balaban J connectivity index is 0.00000978. The summed E-state index contributed by atoms with van der Waals surface area (Å²) >= 11 is 0. The second kappa shape index (κ2) is 26.3. The van der Waals surface area contributed by atoms with Gasteiger partial charge in [0.1, 0.15) is 17.0 Å². The monoisotopic (exact) mass is 1540 g/mol. The van der Waals surface area contributed by atoms with Crippen LogP contribution in [0.25, 0.3) is 94.1 Å². The molecule has 10 aromatic carbocycles. The summed E-state index contributed by atoms with van der Waals surface area (Å²) in [6, 6.07) is 76.0. The number of hydrogen-bond donors (Lipinski definition) is 0. The Morgan fingerprint density at radius 1 is 0.437 bits per heavy atom. The third-order valence-electron chi connectivity index (χ3n) is 20.7. The summed E-state index contributed by atoms with van der Waals surface area (Å²) in [5.74, 6) is -0.471. The van der Waals surface area contributed by atoms with E-state index in [1.807, 2.05) is 70.3 Å². The van der Waals surface area contributed by atoms with Gasteiger partial charge in [0.05, 0.1) is 0 Å². The van der Waals surface area contributed by atoms with E-state index in [1.54, 1.807) is 0 Å². The Morgan fingerprint density at radius 2 is 0.951 bits per heavy atom. The maximum atomic E-state index is 9.82. The number of rotatable bonds is 11. The minimum Gasteiger partial charge on any atom is -0.509 e. The van der Waals surface area contributed by atoms with Crippen LogP contribution in [-0.4, -0.2) is 9.55 Å². The predicted octanol–water partition coefficient (Wildman–Crippen LogP) is 27.6. The van der Waals surface area contributed by atoms with E-state index in [-0.39, 0.29) is 53.6 Å². The molecule has 0 amide bonds. The summed E-state index contributed by atoms with van der Waals surface area (Å²) in [6.45, 7) is 51.6. The third kappa shape index (κ3) is 13.6. The van der Waals surface area contributed by atoms with Crippen LogP contribution in [0.5, 0.6) is 11.5 Å². The van der Waals surface area contributed by atoms with Crippen molar-refractivity contribution in [2.45, 2.75) is 197 Å². The van der Waals surface area contributed by atoms with Crippen molar-refractivity contribution in [3.8, 4) is 61.8 Å². The van der Waals surface area contributed by atoms with Crippen molar-refractivity contribution in [3.05, 3.63) is 258 Å². The number of para-hydroxylation sites is 3. The molecule has 7 heteroatoms. The molecule has 0 fully saturated rings. The largest absolute Gasteiger partial charge is 0.509 e. The zero-order chi connectivity index (χ0) is 74.5. The summed E-state index contributed by atoms with van der Waals surface area (Å²) < 4.78 is 36.4. The summed E-state index contributed by atoms with van der Waals surface area (Å²) in [5.41, 5.74) is 23.4. The Morgan fingerprint density at radius 3 is 1.50 bits per heavy atom. The summed E-state index contributed by atoms with van der Waals surface area (Å²) in [5, 5.41) is 3.97. The molecule has 0 N–H and O–H groups in total. The van der Waals surface area contributed by atoms with Crippen molar-refractivity contribution < 1.29 is 33.0 Å².